The lowest BCUT2D eigenvalue weighted by atomic mass is 10.0. The number of carbonyl (C=O) groups excluding carboxylic acids is 1. The molecule has 1 amide bonds. The van der Waals surface area contributed by atoms with Gasteiger partial charge in [-0.25, -0.2) is 0 Å². The van der Waals surface area contributed by atoms with Gasteiger partial charge in [-0.15, -0.1) is 0 Å². The highest BCUT2D eigenvalue weighted by molar-refractivity contribution is 6.09. The predicted octanol–water partition coefficient (Wildman–Crippen LogP) is 4.32. The number of aryl methyl sites for hydroxylation is 2. The van der Waals surface area contributed by atoms with E-state index < -0.39 is 0 Å². The Morgan fingerprint density at radius 2 is 1.81 bits per heavy atom. The number of nitrogens with one attached hydrogen (secondary N) is 1. The Morgan fingerprint density at radius 3 is 2.73 bits per heavy atom. The van der Waals surface area contributed by atoms with Crippen molar-refractivity contribution in [3.8, 4) is 11.5 Å². The van der Waals surface area contributed by atoms with Crippen LogP contribution in [0, 0.1) is 0 Å². The van der Waals surface area contributed by atoms with Gasteiger partial charge in [0.25, 0.3) is 0 Å². The molecule has 4 nitrogen and oxygen atoms in total. The van der Waals surface area contributed by atoms with Crippen molar-refractivity contribution in [3.63, 3.8) is 0 Å². The maximum atomic E-state index is 12.4. The van der Waals surface area contributed by atoms with Gasteiger partial charge in [0.2, 0.25) is 12.7 Å². The Kier molecular flexibility index (Phi) is 3.42. The molecule has 0 unspecified atom stereocenters. The topological polar surface area (TPSA) is 47.6 Å². The number of ether oxygens (including phenoxy) is 2. The molecule has 1 aliphatic heterocycles. The smallest absolute Gasteiger partial charge is 0.248 e. The molecule has 3 aromatic carbocycles. The first-order chi connectivity index (χ1) is 12.8. The lowest BCUT2D eigenvalue weighted by Gasteiger charge is -2.09. The fourth-order valence-electron chi connectivity index (χ4n) is 3.72. The molecule has 0 saturated heterocycles. The molecule has 1 aliphatic carbocycles. The largest absolute Gasteiger partial charge is 0.454 e. The maximum absolute atomic E-state index is 12.4. The summed E-state index contributed by atoms with van der Waals surface area (Å²) in [5.74, 6) is 1.29. The van der Waals surface area contributed by atoms with E-state index in [1.165, 1.54) is 16.5 Å². The molecule has 0 aromatic heterocycles. The normalized spacial score (nSPS) is 14.3. The van der Waals surface area contributed by atoms with E-state index >= 15 is 0 Å². The minimum atomic E-state index is -0.152. The Labute approximate surface area is 151 Å². The van der Waals surface area contributed by atoms with E-state index in [2.05, 4.69) is 29.6 Å². The maximum Gasteiger partial charge on any atom is 0.248 e. The summed E-state index contributed by atoms with van der Waals surface area (Å²) >= 11 is 0. The van der Waals surface area contributed by atoms with E-state index in [-0.39, 0.29) is 12.7 Å². The second kappa shape index (κ2) is 5.92. The summed E-state index contributed by atoms with van der Waals surface area (Å²) in [6.45, 7) is 0.244. The van der Waals surface area contributed by atoms with Gasteiger partial charge < -0.3 is 14.8 Å². The number of fused-ring (bicyclic) bond motifs is 1. The zero-order chi connectivity index (χ0) is 17.5. The monoisotopic (exact) mass is 343 g/mol. The van der Waals surface area contributed by atoms with E-state index in [1.54, 1.807) is 12.2 Å². The first kappa shape index (κ1) is 15.0. The highest BCUT2D eigenvalue weighted by Gasteiger charge is 2.16. The van der Waals surface area contributed by atoms with Gasteiger partial charge in [0.15, 0.2) is 11.5 Å². The molecule has 0 radical (unpaired) electrons. The molecular weight excluding hydrogens is 326 g/mol. The third-order valence-corrected chi connectivity index (χ3v) is 4.96. The van der Waals surface area contributed by atoms with Gasteiger partial charge in [-0.05, 0) is 59.2 Å². The van der Waals surface area contributed by atoms with Gasteiger partial charge in [0.1, 0.15) is 0 Å². The van der Waals surface area contributed by atoms with Gasteiger partial charge in [0.05, 0.1) is 0 Å². The molecule has 4 heteroatoms. The molecule has 0 spiro atoms. The highest BCUT2D eigenvalue weighted by Crippen LogP contribution is 2.35. The lowest BCUT2D eigenvalue weighted by Crippen LogP contribution is -2.08. The van der Waals surface area contributed by atoms with E-state index in [0.717, 1.165) is 35.2 Å². The van der Waals surface area contributed by atoms with Crippen LogP contribution in [-0.4, -0.2) is 12.7 Å². The zero-order valence-corrected chi connectivity index (χ0v) is 14.1. The first-order valence-corrected chi connectivity index (χ1v) is 8.70. The fourth-order valence-corrected chi connectivity index (χ4v) is 3.72. The van der Waals surface area contributed by atoms with Gasteiger partial charge in [-0.1, -0.05) is 30.3 Å². The van der Waals surface area contributed by atoms with Crippen LogP contribution in [0.3, 0.4) is 0 Å². The molecule has 2 aliphatic rings. The third kappa shape index (κ3) is 2.51. The zero-order valence-electron chi connectivity index (χ0n) is 14.1. The minimum absolute atomic E-state index is 0.152. The Bertz CT molecular complexity index is 1060. The molecule has 0 bridgehead atoms. The average Bonchev–Trinajstić information content (AvgIpc) is 3.30. The van der Waals surface area contributed by atoms with Crippen molar-refractivity contribution in [1.82, 2.24) is 0 Å². The van der Waals surface area contributed by atoms with E-state index in [1.807, 2.05) is 24.3 Å². The summed E-state index contributed by atoms with van der Waals surface area (Å²) < 4.78 is 10.7. The van der Waals surface area contributed by atoms with Gasteiger partial charge in [-0.3, -0.25) is 4.79 Å². The summed E-state index contributed by atoms with van der Waals surface area (Å²) in [4.78, 5) is 12.4. The quantitative estimate of drug-likeness (QED) is 0.721. The number of anilines is 1. The van der Waals surface area contributed by atoms with E-state index in [0.29, 0.717) is 5.75 Å². The fraction of sp³-hybridized carbons (Fsp3) is 0.136. The van der Waals surface area contributed by atoms with Crippen molar-refractivity contribution in [2.75, 3.05) is 12.1 Å². The number of benzene rings is 3. The second-order valence-corrected chi connectivity index (χ2v) is 6.55. The predicted molar refractivity (Wildman–Crippen MR) is 102 cm³/mol. The summed E-state index contributed by atoms with van der Waals surface area (Å²) in [6.07, 6.45) is 5.47. The SMILES string of the molecule is O=C(/C=C/c1ccc2c(c1)OCO2)Nc1ccc2c3c(cccc13)CC2. The third-order valence-electron chi connectivity index (χ3n) is 4.96. The molecule has 1 N–H and O–H groups in total. The number of carbonyl (C=O) groups is 1. The van der Waals surface area contributed by atoms with Crippen LogP contribution in [0.2, 0.25) is 0 Å². The molecule has 1 heterocycles. The van der Waals surface area contributed by atoms with Crippen molar-refractivity contribution < 1.29 is 14.3 Å². The summed E-state index contributed by atoms with van der Waals surface area (Å²) in [5.41, 5.74) is 4.48. The Hall–Kier alpha value is -3.27. The molecule has 0 saturated carbocycles. The van der Waals surface area contributed by atoms with E-state index in [4.69, 9.17) is 9.47 Å². The van der Waals surface area contributed by atoms with Gasteiger partial charge >= 0.3 is 0 Å². The van der Waals surface area contributed by atoms with Crippen LogP contribution in [0.25, 0.3) is 16.8 Å². The Balaban J connectivity index is 1.39. The van der Waals surface area contributed by atoms with Crippen LogP contribution in [-0.2, 0) is 17.6 Å². The van der Waals surface area contributed by atoms with Crippen LogP contribution >= 0.6 is 0 Å². The van der Waals surface area contributed by atoms with Crippen LogP contribution in [0.1, 0.15) is 16.7 Å². The number of amides is 1. The van der Waals surface area contributed by atoms with Crippen molar-refractivity contribution in [3.05, 3.63) is 71.3 Å². The molecular formula is C22H17NO3. The van der Waals surface area contributed by atoms with Crippen molar-refractivity contribution in [1.29, 1.82) is 0 Å². The second-order valence-electron chi connectivity index (χ2n) is 6.55. The van der Waals surface area contributed by atoms with Crippen LogP contribution in [0.4, 0.5) is 5.69 Å². The average molecular weight is 343 g/mol. The molecule has 5 rings (SSSR count). The van der Waals surface area contributed by atoms with Crippen molar-refractivity contribution >= 4 is 28.4 Å². The van der Waals surface area contributed by atoms with Crippen LogP contribution in [0.15, 0.2) is 54.6 Å². The van der Waals surface area contributed by atoms with E-state index in [9.17, 15) is 4.79 Å². The summed E-state index contributed by atoms with van der Waals surface area (Å²) in [6, 6.07) is 16.0. The van der Waals surface area contributed by atoms with Crippen molar-refractivity contribution in [2.45, 2.75) is 12.8 Å². The minimum Gasteiger partial charge on any atom is -0.454 e. The highest BCUT2D eigenvalue weighted by atomic mass is 16.7. The number of rotatable bonds is 3. The molecule has 128 valence electrons. The summed E-state index contributed by atoms with van der Waals surface area (Å²) in [7, 11) is 0. The Morgan fingerprint density at radius 1 is 0.962 bits per heavy atom. The molecule has 26 heavy (non-hydrogen) atoms. The number of hydrogen-bond acceptors (Lipinski definition) is 3. The van der Waals surface area contributed by atoms with Crippen LogP contribution in [0.5, 0.6) is 11.5 Å². The molecule has 0 atom stereocenters. The summed E-state index contributed by atoms with van der Waals surface area (Å²) in [5, 5.41) is 5.42. The van der Waals surface area contributed by atoms with Crippen molar-refractivity contribution in [2.24, 2.45) is 0 Å². The van der Waals surface area contributed by atoms with Crippen LogP contribution < -0.4 is 14.8 Å². The van der Waals surface area contributed by atoms with Gasteiger partial charge in [-0.2, -0.15) is 0 Å². The first-order valence-electron chi connectivity index (χ1n) is 8.70. The van der Waals surface area contributed by atoms with Gasteiger partial charge in [0, 0.05) is 17.1 Å². The molecule has 0 fully saturated rings. The molecule has 3 aromatic rings. The number of hydrogen-bond donors (Lipinski definition) is 1. The standard InChI is InChI=1S/C22H17NO3/c24-21(11-5-14-4-10-19-20(12-14)26-13-25-19)23-18-9-8-16-7-6-15-2-1-3-17(18)22(15)16/h1-5,8-12H,6-7,13H2,(H,23,24)/b11-5+. The lowest BCUT2D eigenvalue weighted by molar-refractivity contribution is -0.111.